The number of Topliss-reactive ketones (excluding diaryl/α,β-unsaturated/α-hetero) is 2. The van der Waals surface area contributed by atoms with Crippen molar-refractivity contribution in [1.82, 2.24) is 0 Å². The standard InChI is InChI=1S/C27H36F2O5/c1-2-17-27(28,29)25(32)15-10-14-22-21(23(30)18-24(22)31)13-8-3-4-9-16-26(33)34-19-20-11-6-5-7-12-20/h3,5-8,11-12,21-22,24,31H,2,4,9-10,13-19H2,1H3/b8-3-/t21-,22-,24-/m1/s1. The van der Waals surface area contributed by atoms with Gasteiger partial charge in [0.25, 0.3) is 0 Å². The fourth-order valence-electron chi connectivity index (χ4n) is 4.39. The maximum absolute atomic E-state index is 13.7. The van der Waals surface area contributed by atoms with Crippen LogP contribution in [0.1, 0.15) is 76.7 Å². The third-order valence-corrected chi connectivity index (χ3v) is 6.30. The normalized spacial score (nSPS) is 20.7. The molecule has 0 bridgehead atoms. The summed E-state index contributed by atoms with van der Waals surface area (Å²) in [5.41, 5.74) is 0.938. The van der Waals surface area contributed by atoms with Gasteiger partial charge in [-0.15, -0.1) is 0 Å². The summed E-state index contributed by atoms with van der Waals surface area (Å²) in [5.74, 6) is -5.34. The molecule has 34 heavy (non-hydrogen) atoms. The van der Waals surface area contributed by atoms with Crippen molar-refractivity contribution >= 4 is 17.5 Å². The summed E-state index contributed by atoms with van der Waals surface area (Å²) >= 11 is 0. The lowest BCUT2D eigenvalue weighted by Gasteiger charge is -2.20. The van der Waals surface area contributed by atoms with Crippen LogP contribution in [0.2, 0.25) is 0 Å². The third-order valence-electron chi connectivity index (χ3n) is 6.30. The SMILES string of the molecule is CCCC(F)(F)C(=O)CCC[C@H]1[C@H](O)CC(=O)[C@@H]1C/C=C\CCCC(=O)OCc1ccccc1. The predicted octanol–water partition coefficient (Wildman–Crippen LogP) is 5.59. The molecule has 1 aliphatic rings. The van der Waals surface area contributed by atoms with Gasteiger partial charge < -0.3 is 9.84 Å². The van der Waals surface area contributed by atoms with Gasteiger partial charge in [0, 0.05) is 31.6 Å². The number of ether oxygens (including phenoxy) is 1. The van der Waals surface area contributed by atoms with Gasteiger partial charge in [-0.2, -0.15) is 8.78 Å². The average molecular weight is 479 g/mol. The van der Waals surface area contributed by atoms with Gasteiger partial charge in [-0.25, -0.2) is 0 Å². The number of rotatable bonds is 15. The number of halogens is 2. The van der Waals surface area contributed by atoms with Crippen molar-refractivity contribution < 1.29 is 33.0 Å². The van der Waals surface area contributed by atoms with Gasteiger partial charge in [0.2, 0.25) is 5.78 Å². The second-order valence-electron chi connectivity index (χ2n) is 9.02. The highest BCUT2D eigenvalue weighted by molar-refractivity contribution is 5.86. The minimum absolute atomic E-state index is 0.0331. The van der Waals surface area contributed by atoms with Crippen LogP contribution in [0.15, 0.2) is 42.5 Å². The Morgan fingerprint density at radius 3 is 2.59 bits per heavy atom. The Balaban J connectivity index is 1.68. The molecule has 0 aliphatic heterocycles. The lowest BCUT2D eigenvalue weighted by molar-refractivity contribution is -0.145. The average Bonchev–Trinajstić information content (AvgIpc) is 3.07. The first-order valence-electron chi connectivity index (χ1n) is 12.2. The molecule has 0 amide bonds. The van der Waals surface area contributed by atoms with Crippen LogP contribution in [-0.2, 0) is 25.7 Å². The molecule has 0 spiro atoms. The van der Waals surface area contributed by atoms with Crippen molar-refractivity contribution in [3.63, 3.8) is 0 Å². The zero-order chi connectivity index (χ0) is 25.0. The summed E-state index contributed by atoms with van der Waals surface area (Å²) in [4.78, 5) is 35.9. The van der Waals surface area contributed by atoms with Crippen molar-refractivity contribution in [2.75, 3.05) is 0 Å². The molecule has 1 N–H and O–H groups in total. The van der Waals surface area contributed by atoms with Gasteiger partial charge >= 0.3 is 11.9 Å². The highest BCUT2D eigenvalue weighted by Crippen LogP contribution is 2.36. The van der Waals surface area contributed by atoms with E-state index in [-0.39, 0.29) is 55.9 Å². The lowest BCUT2D eigenvalue weighted by Crippen LogP contribution is -2.28. The summed E-state index contributed by atoms with van der Waals surface area (Å²) < 4.78 is 32.6. The van der Waals surface area contributed by atoms with E-state index in [1.807, 2.05) is 42.5 Å². The molecule has 1 saturated carbocycles. The van der Waals surface area contributed by atoms with Gasteiger partial charge in [0.1, 0.15) is 12.4 Å². The molecule has 1 aromatic carbocycles. The van der Waals surface area contributed by atoms with Crippen molar-refractivity contribution in [2.24, 2.45) is 11.8 Å². The number of unbranched alkanes of at least 4 members (excludes halogenated alkanes) is 1. The molecule has 3 atom stereocenters. The molecule has 0 saturated heterocycles. The van der Waals surface area contributed by atoms with E-state index >= 15 is 0 Å². The largest absolute Gasteiger partial charge is 0.461 e. The van der Waals surface area contributed by atoms with E-state index in [0.29, 0.717) is 32.1 Å². The highest BCUT2D eigenvalue weighted by Gasteiger charge is 2.41. The zero-order valence-electron chi connectivity index (χ0n) is 19.9. The Morgan fingerprint density at radius 1 is 1.15 bits per heavy atom. The van der Waals surface area contributed by atoms with E-state index in [1.54, 1.807) is 6.92 Å². The topological polar surface area (TPSA) is 80.7 Å². The van der Waals surface area contributed by atoms with Gasteiger partial charge in [0.15, 0.2) is 0 Å². The quantitative estimate of drug-likeness (QED) is 0.202. The Hall–Kier alpha value is -2.41. The van der Waals surface area contributed by atoms with Crippen molar-refractivity contribution in [2.45, 2.75) is 89.8 Å². The number of aliphatic hydroxyl groups is 1. The van der Waals surface area contributed by atoms with Crippen molar-refractivity contribution in [3.8, 4) is 0 Å². The van der Waals surface area contributed by atoms with Crippen LogP contribution >= 0.6 is 0 Å². The van der Waals surface area contributed by atoms with Crippen LogP contribution in [0.3, 0.4) is 0 Å². The third kappa shape index (κ3) is 9.09. The first-order valence-corrected chi connectivity index (χ1v) is 12.2. The van der Waals surface area contributed by atoms with Crippen LogP contribution in [0, 0.1) is 11.8 Å². The van der Waals surface area contributed by atoms with E-state index in [9.17, 15) is 28.3 Å². The zero-order valence-corrected chi connectivity index (χ0v) is 19.9. The Morgan fingerprint density at radius 2 is 1.88 bits per heavy atom. The maximum atomic E-state index is 13.7. The minimum Gasteiger partial charge on any atom is -0.461 e. The minimum atomic E-state index is -3.30. The smallest absolute Gasteiger partial charge is 0.306 e. The van der Waals surface area contributed by atoms with Crippen molar-refractivity contribution in [3.05, 3.63) is 48.0 Å². The van der Waals surface area contributed by atoms with E-state index in [1.165, 1.54) is 0 Å². The van der Waals surface area contributed by atoms with Crippen LogP contribution in [0.5, 0.6) is 0 Å². The number of hydrogen-bond acceptors (Lipinski definition) is 5. The Labute approximate surface area is 200 Å². The number of esters is 1. The van der Waals surface area contributed by atoms with Crippen LogP contribution < -0.4 is 0 Å². The molecule has 7 heteroatoms. The molecule has 0 unspecified atom stereocenters. The van der Waals surface area contributed by atoms with Gasteiger partial charge in [-0.1, -0.05) is 49.4 Å². The number of ketones is 2. The van der Waals surface area contributed by atoms with Crippen LogP contribution in [-0.4, -0.2) is 34.7 Å². The van der Waals surface area contributed by atoms with Gasteiger partial charge in [-0.05, 0) is 50.0 Å². The Kier molecular flexibility index (Phi) is 11.5. The molecule has 2 rings (SSSR count). The van der Waals surface area contributed by atoms with E-state index in [0.717, 1.165) is 5.56 Å². The molecule has 1 aliphatic carbocycles. The monoisotopic (exact) mass is 478 g/mol. The second-order valence-corrected chi connectivity index (χ2v) is 9.02. The highest BCUT2D eigenvalue weighted by atomic mass is 19.3. The molecule has 1 fully saturated rings. The number of alkyl halides is 2. The van der Waals surface area contributed by atoms with Crippen LogP contribution in [0.4, 0.5) is 8.78 Å². The van der Waals surface area contributed by atoms with Gasteiger partial charge in [0.05, 0.1) is 6.10 Å². The Bertz CT molecular complexity index is 822. The van der Waals surface area contributed by atoms with Crippen LogP contribution in [0.25, 0.3) is 0 Å². The summed E-state index contributed by atoms with van der Waals surface area (Å²) in [6.07, 6.45) is 5.25. The molecular weight excluding hydrogens is 442 g/mol. The summed E-state index contributed by atoms with van der Waals surface area (Å²) in [7, 11) is 0. The summed E-state index contributed by atoms with van der Waals surface area (Å²) in [5, 5.41) is 10.2. The van der Waals surface area contributed by atoms with Gasteiger partial charge in [-0.3, -0.25) is 14.4 Å². The molecule has 5 nitrogen and oxygen atoms in total. The number of allylic oxidation sites excluding steroid dienone is 2. The molecule has 1 aromatic rings. The number of aliphatic hydroxyl groups excluding tert-OH is 1. The fourth-order valence-corrected chi connectivity index (χ4v) is 4.39. The van der Waals surface area contributed by atoms with E-state index < -0.39 is 24.2 Å². The number of benzene rings is 1. The molecule has 0 aromatic heterocycles. The molecule has 0 heterocycles. The number of carbonyl (C=O) groups excluding carboxylic acids is 3. The molecule has 0 radical (unpaired) electrons. The van der Waals surface area contributed by atoms with E-state index in [4.69, 9.17) is 4.74 Å². The maximum Gasteiger partial charge on any atom is 0.306 e. The predicted molar refractivity (Wildman–Crippen MR) is 125 cm³/mol. The van der Waals surface area contributed by atoms with E-state index in [2.05, 4.69) is 0 Å². The summed E-state index contributed by atoms with van der Waals surface area (Å²) in [6.45, 7) is 1.86. The first-order chi connectivity index (χ1) is 16.2. The molecule has 188 valence electrons. The number of carbonyl (C=O) groups is 3. The summed E-state index contributed by atoms with van der Waals surface area (Å²) in [6, 6.07) is 9.46. The molecular formula is C27H36F2O5. The first kappa shape index (κ1) is 27.8. The number of hydrogen-bond donors (Lipinski definition) is 1. The fraction of sp³-hybridized carbons (Fsp3) is 0.593. The lowest BCUT2D eigenvalue weighted by atomic mass is 9.86. The second kappa shape index (κ2) is 14.1. The van der Waals surface area contributed by atoms with Crippen molar-refractivity contribution in [1.29, 1.82) is 0 Å².